The third-order valence-electron chi connectivity index (χ3n) is 12.4. The van der Waals surface area contributed by atoms with Gasteiger partial charge in [-0.15, -0.1) is 0 Å². The Morgan fingerprint density at radius 2 is 1.24 bits per heavy atom. The fourth-order valence-electron chi connectivity index (χ4n) is 8.15. The number of aromatic nitrogens is 2. The Kier molecular flexibility index (Phi) is 36.9. The predicted molar refractivity (Wildman–Crippen MR) is 290 cm³/mol. The first-order valence-electron chi connectivity index (χ1n) is 27.6. The number of carbonyl (C=O) groups is 2. The van der Waals surface area contributed by atoms with E-state index in [1.165, 1.54) is 83.1 Å². The summed E-state index contributed by atoms with van der Waals surface area (Å²) in [6.07, 6.45) is 35.4. The zero-order chi connectivity index (χ0) is 55.2. The molecule has 1 aromatic heterocycles. The smallest absolute Gasteiger partial charge is 0.462 e. The largest absolute Gasteiger partial charge is 0.481 e. The lowest BCUT2D eigenvalue weighted by molar-refractivity contribution is -0.161. The number of hydrogen-bond donors (Lipinski definition) is 6. The Balaban J connectivity index is 1.79. The van der Waals surface area contributed by atoms with Gasteiger partial charge in [-0.1, -0.05) is 179 Å². The third kappa shape index (κ3) is 34.2. The van der Waals surface area contributed by atoms with Crippen LogP contribution < -0.4 is 11.4 Å². The van der Waals surface area contributed by atoms with Gasteiger partial charge in [0.05, 0.1) is 19.3 Å². The fraction of sp³-hybridized carbons (Fsp3) is 0.741. The van der Waals surface area contributed by atoms with Crippen molar-refractivity contribution in [3.63, 3.8) is 0 Å². The lowest BCUT2D eigenvalue weighted by atomic mass is 10.0. The third-order valence-corrected chi connectivity index (χ3v) is 15.0. The summed E-state index contributed by atoms with van der Waals surface area (Å²) in [6, 6.07) is 1.24. The van der Waals surface area contributed by atoms with Gasteiger partial charge in [0.25, 0.3) is 0 Å². The van der Waals surface area contributed by atoms with E-state index in [0.717, 1.165) is 68.0 Å². The van der Waals surface area contributed by atoms with E-state index < -0.39 is 83.7 Å². The average molecular weight is 1100 g/mol. The minimum absolute atomic E-state index is 0.0403. The molecule has 0 bridgehead atoms. The number of allylic oxidation sites excluding steroid dienone is 7. The molecule has 0 aromatic carbocycles. The number of hydrogen-bond acceptors (Lipinski definition) is 16. The van der Waals surface area contributed by atoms with Crippen LogP contribution in [0.5, 0.6) is 0 Å². The summed E-state index contributed by atoms with van der Waals surface area (Å²) >= 11 is 0. The molecule has 0 amide bonds. The molecule has 75 heavy (non-hydrogen) atoms. The number of carbonyl (C=O) groups excluding carboxylic acids is 2. The van der Waals surface area contributed by atoms with E-state index in [1.54, 1.807) is 0 Å². The van der Waals surface area contributed by atoms with Gasteiger partial charge < -0.3 is 45.1 Å². The molecule has 1 aromatic rings. The highest BCUT2D eigenvalue weighted by molar-refractivity contribution is 7.61. The van der Waals surface area contributed by atoms with Crippen LogP contribution in [0.4, 0.5) is 5.82 Å². The number of unbranched alkanes of at least 4 members (excludes halogenated alkanes) is 16. The van der Waals surface area contributed by atoms with E-state index in [2.05, 4.69) is 48.3 Å². The number of aliphatic hydroxyl groups is 3. The molecule has 1 aliphatic rings. The van der Waals surface area contributed by atoms with Gasteiger partial charge in [-0.05, 0) is 63.4 Å². The molecule has 0 spiro atoms. The van der Waals surface area contributed by atoms with Crippen molar-refractivity contribution < 1.29 is 71.4 Å². The summed E-state index contributed by atoms with van der Waals surface area (Å²) in [7, 11) is -10.9. The number of nitrogens with two attached hydrogens (primary N) is 1. The van der Waals surface area contributed by atoms with Crippen LogP contribution in [-0.2, 0) is 46.3 Å². The molecule has 430 valence electrons. The van der Waals surface area contributed by atoms with Crippen LogP contribution in [0.2, 0.25) is 0 Å². The van der Waals surface area contributed by atoms with E-state index in [9.17, 15) is 48.6 Å². The van der Waals surface area contributed by atoms with Crippen LogP contribution in [0.25, 0.3) is 0 Å². The topological polar surface area (TPSA) is 286 Å². The van der Waals surface area contributed by atoms with Crippen molar-refractivity contribution in [2.45, 2.75) is 231 Å². The first kappa shape index (κ1) is 67.8. The summed E-state index contributed by atoms with van der Waals surface area (Å²) in [5.74, 6) is -0.575. The number of esters is 2. The number of rotatable bonds is 45. The number of nitrogens with zero attached hydrogens (tertiary/aromatic N) is 2. The molecule has 1 fully saturated rings. The second-order valence-corrected chi connectivity index (χ2v) is 22.8. The Hall–Kier alpha value is -3.32. The second kappa shape index (κ2) is 40.8. The summed E-state index contributed by atoms with van der Waals surface area (Å²) in [6.45, 7) is 4.26. The van der Waals surface area contributed by atoms with Crippen LogP contribution in [0.3, 0.4) is 0 Å². The van der Waals surface area contributed by atoms with Gasteiger partial charge in [-0.3, -0.25) is 23.2 Å². The quantitative estimate of drug-likeness (QED) is 0.0153. The van der Waals surface area contributed by atoms with Crippen LogP contribution >= 0.6 is 15.6 Å². The molecule has 8 atom stereocenters. The molecule has 0 aliphatic carbocycles. The summed E-state index contributed by atoms with van der Waals surface area (Å²) < 4.78 is 56.8. The van der Waals surface area contributed by atoms with Crippen molar-refractivity contribution in [3.05, 3.63) is 71.4 Å². The molecule has 1 aliphatic heterocycles. The Morgan fingerprint density at radius 1 is 0.720 bits per heavy atom. The monoisotopic (exact) mass is 1100 g/mol. The highest BCUT2D eigenvalue weighted by atomic mass is 31.3. The number of phosphoric acid groups is 2. The van der Waals surface area contributed by atoms with Crippen LogP contribution in [0.15, 0.2) is 65.7 Å². The number of anilines is 1. The van der Waals surface area contributed by atoms with Gasteiger partial charge in [-0.2, -0.15) is 9.29 Å². The molecule has 2 rings (SSSR count). The second-order valence-electron chi connectivity index (χ2n) is 19.7. The first-order chi connectivity index (χ1) is 35.9. The maximum Gasteiger partial charge on any atom is 0.481 e. The molecule has 2 heterocycles. The molecular formula is C54H93N3O16P2. The number of aliphatic hydroxyl groups excluding tert-OH is 3. The van der Waals surface area contributed by atoms with Gasteiger partial charge in [0.2, 0.25) is 0 Å². The zero-order valence-electron chi connectivity index (χ0n) is 45.1. The van der Waals surface area contributed by atoms with Gasteiger partial charge in [0.15, 0.2) is 12.3 Å². The maximum atomic E-state index is 12.9. The van der Waals surface area contributed by atoms with Crippen molar-refractivity contribution in [1.82, 2.24) is 9.55 Å². The fourth-order valence-corrected chi connectivity index (χ4v) is 10.3. The van der Waals surface area contributed by atoms with Crippen molar-refractivity contribution in [1.29, 1.82) is 0 Å². The average Bonchev–Trinajstić information content (AvgIpc) is 3.63. The van der Waals surface area contributed by atoms with Gasteiger partial charge in [0.1, 0.15) is 30.7 Å². The van der Waals surface area contributed by atoms with Crippen molar-refractivity contribution >= 4 is 33.4 Å². The van der Waals surface area contributed by atoms with Crippen molar-refractivity contribution in [2.75, 3.05) is 25.6 Å². The first-order valence-corrected chi connectivity index (χ1v) is 30.6. The van der Waals surface area contributed by atoms with E-state index in [0.29, 0.717) is 32.1 Å². The summed E-state index contributed by atoms with van der Waals surface area (Å²) in [5, 5.41) is 30.7. The molecule has 21 heteroatoms. The Labute approximate surface area is 446 Å². The minimum atomic E-state index is -5.45. The van der Waals surface area contributed by atoms with Gasteiger partial charge >= 0.3 is 33.3 Å². The van der Waals surface area contributed by atoms with E-state index in [4.69, 9.17) is 29.0 Å². The molecule has 19 nitrogen and oxygen atoms in total. The number of phosphoric ester groups is 2. The summed E-state index contributed by atoms with van der Waals surface area (Å²) in [5.41, 5.74) is 4.59. The van der Waals surface area contributed by atoms with Crippen LogP contribution in [0.1, 0.15) is 200 Å². The number of nitrogen functional groups attached to an aromatic ring is 1. The lowest BCUT2D eigenvalue weighted by Crippen LogP contribution is -2.36. The highest BCUT2D eigenvalue weighted by Gasteiger charge is 2.46. The van der Waals surface area contributed by atoms with Crippen LogP contribution in [-0.4, -0.2) is 96.9 Å². The standard InChI is InChI=1S/C54H93N3O16P2/c1-4-34-45(58)36-31-27-23-19-15-11-9-13-17-21-25-29-33-38-50(60)71-46(41-68-49(59)37-32-28-24-20-16-12-8-6-5-7-10-14-18-22-26-30-35-44(2)3)42-69-74(64,65)73-75(66,67)70-43-47-51(61)52(62)53(72-47)57-40-39-48(55)56-54(57)63/h9,13,15,19,21,25,27,31,39-40,44-47,51-53,58,61-62H,4-8,10-12,14,16-18,20,22-24,26,28-30,32-38,41-43H2,1-3H3,(H,64,65)(H,66,67)(H2,55,56,63)/b13-9-,19-15-,25-21-,31-27-/t45?,46-,47-,51-,52-,53-/m1/s1. The minimum Gasteiger partial charge on any atom is -0.462 e. The maximum absolute atomic E-state index is 12.9. The summed E-state index contributed by atoms with van der Waals surface area (Å²) in [4.78, 5) is 62.0. The Bertz CT molecular complexity index is 1980. The zero-order valence-corrected chi connectivity index (χ0v) is 46.9. The number of ether oxygens (including phenoxy) is 3. The highest BCUT2D eigenvalue weighted by Crippen LogP contribution is 2.60. The van der Waals surface area contributed by atoms with Crippen molar-refractivity contribution in [3.8, 4) is 0 Å². The molecule has 0 radical (unpaired) electrons. The van der Waals surface area contributed by atoms with E-state index in [-0.39, 0.29) is 24.8 Å². The predicted octanol–water partition coefficient (Wildman–Crippen LogP) is 10.9. The Morgan fingerprint density at radius 3 is 1.80 bits per heavy atom. The van der Waals surface area contributed by atoms with E-state index >= 15 is 0 Å². The SMILES string of the molecule is CCCC(O)C/C=C\C/C=C\C/C=C\C/C=C\CCCC(=O)O[C@H](COC(=O)CCCCCCCCCCCCCCCCCCC(C)C)COP(=O)(O)OP(=O)(O)OC[C@H]1O[C@@H](n2ccc(N)nc2=O)[C@H](O)[C@@H]1O. The molecule has 7 N–H and O–H groups in total. The van der Waals surface area contributed by atoms with Gasteiger partial charge in [-0.25, -0.2) is 13.9 Å². The molecule has 0 saturated carbocycles. The van der Waals surface area contributed by atoms with Gasteiger partial charge in [0, 0.05) is 19.0 Å². The van der Waals surface area contributed by atoms with Crippen molar-refractivity contribution in [2.24, 2.45) is 5.92 Å². The lowest BCUT2D eigenvalue weighted by Gasteiger charge is -2.21. The normalized spacial score (nSPS) is 19.6. The van der Waals surface area contributed by atoms with E-state index in [1.807, 2.05) is 30.4 Å². The molecule has 1 saturated heterocycles. The van der Waals surface area contributed by atoms with Crippen LogP contribution in [0, 0.1) is 5.92 Å². The molecular weight excluding hydrogens is 1010 g/mol. The molecule has 3 unspecified atom stereocenters.